The molecule has 0 amide bonds. The summed E-state index contributed by atoms with van der Waals surface area (Å²) in [5.41, 5.74) is 1.68. The molecule has 14 heavy (non-hydrogen) atoms. The minimum atomic E-state index is -0.447. The van der Waals surface area contributed by atoms with Crippen molar-refractivity contribution >= 4 is 0 Å². The van der Waals surface area contributed by atoms with E-state index in [-0.39, 0.29) is 6.61 Å². The molecule has 0 aliphatic heterocycles. The van der Waals surface area contributed by atoms with Crippen LogP contribution in [0.15, 0.2) is 24.3 Å². The average molecular weight is 189 g/mol. The highest BCUT2D eigenvalue weighted by molar-refractivity contribution is 5.29. The van der Waals surface area contributed by atoms with Crippen molar-refractivity contribution in [2.75, 3.05) is 6.61 Å². The Balaban J connectivity index is 2.90. The molecule has 0 aliphatic rings. The van der Waals surface area contributed by atoms with Gasteiger partial charge in [0.15, 0.2) is 0 Å². The summed E-state index contributed by atoms with van der Waals surface area (Å²) in [4.78, 5) is 3.57. The molecule has 0 bridgehead atoms. The van der Waals surface area contributed by atoms with Crippen molar-refractivity contribution in [2.24, 2.45) is 0 Å². The molecule has 2 nitrogen and oxygen atoms in total. The van der Waals surface area contributed by atoms with Gasteiger partial charge in [0, 0.05) is 26.0 Å². The van der Waals surface area contributed by atoms with Crippen molar-refractivity contribution in [1.29, 1.82) is 0 Å². The zero-order valence-corrected chi connectivity index (χ0v) is 8.62. The predicted octanol–water partition coefficient (Wildman–Crippen LogP) is 2.38. The Bertz CT molecular complexity index is 332. The maximum absolute atomic E-state index is 8.75. The van der Waals surface area contributed by atoms with Gasteiger partial charge in [-0.2, -0.15) is 0 Å². The molecule has 74 valence electrons. The Hall–Kier alpha value is -1.33. The van der Waals surface area contributed by atoms with Gasteiger partial charge in [-0.3, -0.25) is 0 Å². The van der Waals surface area contributed by atoms with Crippen molar-refractivity contribution < 1.29 is 5.11 Å². The molecule has 0 fully saturated rings. The van der Waals surface area contributed by atoms with E-state index in [1.807, 2.05) is 38.1 Å². The van der Waals surface area contributed by atoms with Crippen LogP contribution in [0.2, 0.25) is 0 Å². The number of aliphatic hydroxyl groups is 1. The first-order valence-corrected chi connectivity index (χ1v) is 4.69. The smallest absolute Gasteiger partial charge is 0.252 e. The second kappa shape index (κ2) is 4.26. The highest BCUT2D eigenvalue weighted by atomic mass is 16.2. The van der Waals surface area contributed by atoms with E-state index in [4.69, 9.17) is 11.7 Å². The lowest BCUT2D eigenvalue weighted by molar-refractivity contribution is 0.299. The predicted molar refractivity (Wildman–Crippen MR) is 56.9 cm³/mol. The van der Waals surface area contributed by atoms with Gasteiger partial charge in [-0.1, -0.05) is 24.3 Å². The quantitative estimate of drug-likeness (QED) is 0.725. The Morgan fingerprint density at radius 2 is 1.86 bits per heavy atom. The Labute approximate surface area is 85.0 Å². The van der Waals surface area contributed by atoms with E-state index < -0.39 is 5.54 Å². The molecule has 0 atom stereocenters. The zero-order chi connectivity index (χ0) is 10.6. The summed E-state index contributed by atoms with van der Waals surface area (Å²) in [5, 5.41) is 8.75. The van der Waals surface area contributed by atoms with Gasteiger partial charge in [-0.25, -0.2) is 6.57 Å². The molecular formula is C12H15NO. The Kier molecular flexibility index (Phi) is 3.27. The third kappa shape index (κ3) is 2.34. The summed E-state index contributed by atoms with van der Waals surface area (Å²) in [6.45, 7) is 11.0. The molecule has 1 aromatic rings. The minimum absolute atomic E-state index is 0.172. The van der Waals surface area contributed by atoms with Crippen molar-refractivity contribution in [3.05, 3.63) is 46.8 Å². The molecule has 0 heterocycles. The van der Waals surface area contributed by atoms with Gasteiger partial charge in [0.05, 0.1) is 0 Å². The summed E-state index contributed by atoms with van der Waals surface area (Å²) in [6, 6.07) is 7.86. The lowest BCUT2D eigenvalue weighted by Gasteiger charge is -2.11. The van der Waals surface area contributed by atoms with E-state index in [1.54, 1.807) is 0 Å². The monoisotopic (exact) mass is 189 g/mol. The minimum Gasteiger partial charge on any atom is -0.396 e. The molecule has 0 radical (unpaired) electrons. The molecule has 0 spiro atoms. The van der Waals surface area contributed by atoms with Gasteiger partial charge < -0.3 is 9.95 Å². The second-order valence-corrected chi connectivity index (χ2v) is 3.84. The van der Waals surface area contributed by atoms with E-state index in [0.29, 0.717) is 6.42 Å². The molecule has 1 rings (SSSR count). The van der Waals surface area contributed by atoms with Gasteiger partial charge >= 0.3 is 0 Å². The maximum atomic E-state index is 8.75. The van der Waals surface area contributed by atoms with Crippen LogP contribution in [0.1, 0.15) is 25.0 Å². The fourth-order valence-corrected chi connectivity index (χ4v) is 1.27. The number of rotatable bonds is 3. The van der Waals surface area contributed by atoms with Gasteiger partial charge in [0.25, 0.3) is 5.54 Å². The molecule has 1 N–H and O–H groups in total. The molecule has 0 aromatic heterocycles. The van der Waals surface area contributed by atoms with Crippen LogP contribution in [0.3, 0.4) is 0 Å². The van der Waals surface area contributed by atoms with Crippen LogP contribution in [0, 0.1) is 6.57 Å². The highest BCUT2D eigenvalue weighted by Gasteiger charge is 2.25. The van der Waals surface area contributed by atoms with Crippen LogP contribution in [-0.2, 0) is 12.0 Å². The fourth-order valence-electron chi connectivity index (χ4n) is 1.27. The summed E-state index contributed by atoms with van der Waals surface area (Å²) in [5.74, 6) is 0. The lowest BCUT2D eigenvalue weighted by Crippen LogP contribution is -2.10. The SMILES string of the molecule is [C-]#[N+]C(C)(C)c1ccc(CCO)cc1. The van der Waals surface area contributed by atoms with Crippen molar-refractivity contribution in [2.45, 2.75) is 25.8 Å². The first kappa shape index (κ1) is 10.7. The third-order valence-corrected chi connectivity index (χ3v) is 2.34. The number of nitrogens with zero attached hydrogens (tertiary/aromatic N) is 1. The Morgan fingerprint density at radius 3 is 2.29 bits per heavy atom. The lowest BCUT2D eigenvalue weighted by atomic mass is 9.94. The summed E-state index contributed by atoms with van der Waals surface area (Å²) in [6.07, 6.45) is 0.679. The van der Waals surface area contributed by atoms with E-state index in [0.717, 1.165) is 11.1 Å². The second-order valence-electron chi connectivity index (χ2n) is 3.84. The van der Waals surface area contributed by atoms with Crippen LogP contribution in [-0.4, -0.2) is 11.7 Å². The summed E-state index contributed by atoms with van der Waals surface area (Å²) < 4.78 is 0. The van der Waals surface area contributed by atoms with Gasteiger partial charge in [0.2, 0.25) is 0 Å². The average Bonchev–Trinajstić information content (AvgIpc) is 2.19. The number of benzene rings is 1. The van der Waals surface area contributed by atoms with E-state index in [9.17, 15) is 0 Å². The van der Waals surface area contributed by atoms with E-state index in [1.165, 1.54) is 0 Å². The molecule has 0 aliphatic carbocycles. The van der Waals surface area contributed by atoms with Crippen LogP contribution >= 0.6 is 0 Å². The topological polar surface area (TPSA) is 24.6 Å². The zero-order valence-electron chi connectivity index (χ0n) is 8.62. The summed E-state index contributed by atoms with van der Waals surface area (Å²) in [7, 11) is 0. The van der Waals surface area contributed by atoms with Crippen molar-refractivity contribution in [3.63, 3.8) is 0 Å². The third-order valence-electron chi connectivity index (χ3n) is 2.34. The standard InChI is InChI=1S/C12H15NO/c1-12(2,13-3)11-6-4-10(5-7-11)8-9-14/h4-7,14H,8-9H2,1-2H3. The molecular weight excluding hydrogens is 174 g/mol. The number of hydrogen-bond acceptors (Lipinski definition) is 1. The maximum Gasteiger partial charge on any atom is 0.252 e. The van der Waals surface area contributed by atoms with Gasteiger partial charge in [-0.15, -0.1) is 0 Å². The van der Waals surface area contributed by atoms with Crippen LogP contribution < -0.4 is 0 Å². The number of aliphatic hydroxyl groups excluding tert-OH is 1. The molecule has 1 aromatic carbocycles. The van der Waals surface area contributed by atoms with Gasteiger partial charge in [0.1, 0.15) is 0 Å². The molecule has 0 saturated heterocycles. The first-order chi connectivity index (χ1) is 6.60. The first-order valence-electron chi connectivity index (χ1n) is 4.69. The molecule has 2 heteroatoms. The van der Waals surface area contributed by atoms with Crippen LogP contribution in [0.4, 0.5) is 0 Å². The van der Waals surface area contributed by atoms with E-state index >= 15 is 0 Å². The van der Waals surface area contributed by atoms with Crippen LogP contribution in [0.25, 0.3) is 4.85 Å². The highest BCUT2D eigenvalue weighted by Crippen LogP contribution is 2.24. The number of hydrogen-bond donors (Lipinski definition) is 1. The summed E-state index contributed by atoms with van der Waals surface area (Å²) >= 11 is 0. The molecule has 0 unspecified atom stereocenters. The van der Waals surface area contributed by atoms with Crippen molar-refractivity contribution in [1.82, 2.24) is 0 Å². The van der Waals surface area contributed by atoms with Gasteiger partial charge in [-0.05, 0) is 12.0 Å². The van der Waals surface area contributed by atoms with Crippen LogP contribution in [0.5, 0.6) is 0 Å². The van der Waals surface area contributed by atoms with Crippen molar-refractivity contribution in [3.8, 4) is 0 Å². The Morgan fingerprint density at radius 1 is 1.29 bits per heavy atom. The molecule has 0 saturated carbocycles. The normalized spacial score (nSPS) is 11.0. The largest absolute Gasteiger partial charge is 0.396 e. The van der Waals surface area contributed by atoms with E-state index in [2.05, 4.69) is 4.85 Å². The fraction of sp³-hybridized carbons (Fsp3) is 0.417.